The van der Waals surface area contributed by atoms with E-state index in [0.717, 1.165) is 44.1 Å². The summed E-state index contributed by atoms with van der Waals surface area (Å²) in [5.74, 6) is 2.22. The molecule has 0 aromatic rings. The van der Waals surface area contributed by atoms with E-state index in [2.05, 4.69) is 12.2 Å². The summed E-state index contributed by atoms with van der Waals surface area (Å²) in [5.41, 5.74) is 1.38. The van der Waals surface area contributed by atoms with Crippen molar-refractivity contribution in [2.24, 2.45) is 0 Å². The van der Waals surface area contributed by atoms with Gasteiger partial charge in [0, 0.05) is 11.5 Å². The summed E-state index contributed by atoms with van der Waals surface area (Å²) >= 11 is 1.99. The zero-order valence-corrected chi connectivity index (χ0v) is 10.7. The third-order valence-electron chi connectivity index (χ3n) is 3.00. The monoisotopic (exact) mass is 243 g/mol. The quantitative estimate of drug-likeness (QED) is 0.815. The van der Waals surface area contributed by atoms with Crippen LogP contribution in [0.5, 0.6) is 0 Å². The van der Waals surface area contributed by atoms with Crippen molar-refractivity contribution in [2.75, 3.05) is 31.3 Å². The topological polar surface area (TPSA) is 30.5 Å². The van der Waals surface area contributed by atoms with Gasteiger partial charge >= 0.3 is 0 Å². The van der Waals surface area contributed by atoms with E-state index in [1.165, 1.54) is 5.57 Å². The van der Waals surface area contributed by atoms with Crippen LogP contribution in [0.1, 0.15) is 19.8 Å². The van der Waals surface area contributed by atoms with Crippen molar-refractivity contribution in [1.82, 2.24) is 5.32 Å². The van der Waals surface area contributed by atoms with Crippen LogP contribution >= 0.6 is 11.8 Å². The van der Waals surface area contributed by atoms with Gasteiger partial charge in [-0.3, -0.25) is 0 Å². The van der Waals surface area contributed by atoms with Crippen LogP contribution in [-0.2, 0) is 9.47 Å². The number of nitrogens with one attached hydrogen (secondary N) is 1. The predicted octanol–water partition coefficient (Wildman–Crippen LogP) is 1.79. The van der Waals surface area contributed by atoms with E-state index in [1.807, 2.05) is 18.0 Å². The molecule has 2 rings (SSSR count). The smallest absolute Gasteiger partial charge is 0.0876 e. The number of hydrogen-bond donors (Lipinski definition) is 1. The van der Waals surface area contributed by atoms with E-state index in [-0.39, 0.29) is 0 Å². The minimum absolute atomic E-state index is 0.312. The molecule has 0 aliphatic carbocycles. The maximum absolute atomic E-state index is 5.87. The molecule has 1 N–H and O–H groups in total. The van der Waals surface area contributed by atoms with Crippen molar-refractivity contribution in [3.8, 4) is 0 Å². The zero-order valence-electron chi connectivity index (χ0n) is 9.91. The Morgan fingerprint density at radius 1 is 1.56 bits per heavy atom. The second-order valence-electron chi connectivity index (χ2n) is 4.19. The molecule has 1 saturated heterocycles. The fraction of sp³-hybridized carbons (Fsp3) is 0.833. The number of hydrogen-bond acceptors (Lipinski definition) is 4. The molecule has 0 radical (unpaired) electrons. The van der Waals surface area contributed by atoms with E-state index in [0.29, 0.717) is 12.1 Å². The molecular formula is C12H21NO2S. The minimum atomic E-state index is 0.312. The zero-order chi connectivity index (χ0) is 11.2. The lowest BCUT2D eigenvalue weighted by Crippen LogP contribution is -2.46. The van der Waals surface area contributed by atoms with Gasteiger partial charge in [0.2, 0.25) is 0 Å². The molecule has 1 fully saturated rings. The van der Waals surface area contributed by atoms with Gasteiger partial charge in [0.1, 0.15) is 0 Å². The molecule has 4 heteroatoms. The predicted molar refractivity (Wildman–Crippen MR) is 67.8 cm³/mol. The summed E-state index contributed by atoms with van der Waals surface area (Å²) in [4.78, 5) is 0. The lowest BCUT2D eigenvalue weighted by atomic mass is 9.98. The molecule has 0 bridgehead atoms. The van der Waals surface area contributed by atoms with E-state index >= 15 is 0 Å². The molecule has 2 aliphatic heterocycles. The first-order valence-electron chi connectivity index (χ1n) is 6.15. The van der Waals surface area contributed by atoms with Crippen LogP contribution in [0.25, 0.3) is 0 Å². The highest BCUT2D eigenvalue weighted by atomic mass is 32.2. The van der Waals surface area contributed by atoms with Crippen molar-refractivity contribution < 1.29 is 9.47 Å². The Labute approximate surface area is 102 Å². The summed E-state index contributed by atoms with van der Waals surface area (Å²) < 4.78 is 11.3. The van der Waals surface area contributed by atoms with Gasteiger partial charge in [0.25, 0.3) is 0 Å². The fourth-order valence-corrected chi connectivity index (χ4v) is 3.13. The second-order valence-corrected chi connectivity index (χ2v) is 5.34. The molecule has 0 spiro atoms. The maximum atomic E-state index is 5.87. The Morgan fingerprint density at radius 2 is 2.50 bits per heavy atom. The van der Waals surface area contributed by atoms with Crippen LogP contribution in [0, 0.1) is 0 Å². The molecule has 0 saturated carbocycles. The Kier molecular flexibility index (Phi) is 5.00. The Morgan fingerprint density at radius 3 is 3.12 bits per heavy atom. The summed E-state index contributed by atoms with van der Waals surface area (Å²) in [5, 5.41) is 3.54. The molecule has 3 nitrogen and oxygen atoms in total. The highest BCUT2D eigenvalue weighted by molar-refractivity contribution is 7.99. The van der Waals surface area contributed by atoms with Crippen LogP contribution in [0.4, 0.5) is 0 Å². The van der Waals surface area contributed by atoms with Crippen molar-refractivity contribution in [2.45, 2.75) is 31.9 Å². The van der Waals surface area contributed by atoms with Crippen LogP contribution < -0.4 is 5.32 Å². The average molecular weight is 243 g/mol. The maximum Gasteiger partial charge on any atom is 0.0876 e. The Hall–Kier alpha value is -0.190. The van der Waals surface area contributed by atoms with Gasteiger partial charge in [0.15, 0.2) is 0 Å². The van der Waals surface area contributed by atoms with E-state index in [9.17, 15) is 0 Å². The molecule has 0 aromatic heterocycles. The van der Waals surface area contributed by atoms with Gasteiger partial charge in [0.05, 0.1) is 31.6 Å². The minimum Gasteiger partial charge on any atom is -0.501 e. The standard InChI is InChI=1S/C12H21NO2S/c1-2-13-12(10-4-3-5-14-8-10)11-9-16-7-6-15-11/h8,11-13H,2-7,9H2,1H3. The first-order chi connectivity index (χ1) is 7.92. The lowest BCUT2D eigenvalue weighted by molar-refractivity contribution is 0.0530. The molecule has 2 heterocycles. The van der Waals surface area contributed by atoms with Crippen molar-refractivity contribution in [3.05, 3.63) is 11.8 Å². The van der Waals surface area contributed by atoms with Crippen molar-refractivity contribution >= 4 is 11.8 Å². The van der Waals surface area contributed by atoms with Crippen LogP contribution in [-0.4, -0.2) is 43.4 Å². The third kappa shape index (κ3) is 3.15. The highest BCUT2D eigenvalue weighted by Gasteiger charge is 2.28. The van der Waals surface area contributed by atoms with Gasteiger partial charge in [-0.05, 0) is 25.0 Å². The van der Waals surface area contributed by atoms with Crippen LogP contribution in [0.3, 0.4) is 0 Å². The number of likely N-dealkylation sites (N-methyl/N-ethyl adjacent to an activating group) is 1. The van der Waals surface area contributed by atoms with Gasteiger partial charge in [-0.1, -0.05) is 6.92 Å². The van der Waals surface area contributed by atoms with Crippen LogP contribution in [0.15, 0.2) is 11.8 Å². The fourth-order valence-electron chi connectivity index (χ4n) is 2.23. The second kappa shape index (κ2) is 6.52. The lowest BCUT2D eigenvalue weighted by Gasteiger charge is -2.33. The average Bonchev–Trinajstić information content (AvgIpc) is 2.38. The molecular weight excluding hydrogens is 222 g/mol. The molecule has 92 valence electrons. The Balaban J connectivity index is 1.99. The van der Waals surface area contributed by atoms with Crippen molar-refractivity contribution in [1.29, 1.82) is 0 Å². The molecule has 2 unspecified atom stereocenters. The highest BCUT2D eigenvalue weighted by Crippen LogP contribution is 2.24. The SMILES string of the molecule is CCNC(C1=COCCC1)C1CSCCO1. The molecule has 2 aliphatic rings. The van der Waals surface area contributed by atoms with Gasteiger partial charge in [-0.25, -0.2) is 0 Å². The van der Waals surface area contributed by atoms with E-state index in [1.54, 1.807) is 0 Å². The molecule has 16 heavy (non-hydrogen) atoms. The van der Waals surface area contributed by atoms with E-state index < -0.39 is 0 Å². The third-order valence-corrected chi connectivity index (χ3v) is 4.02. The number of ether oxygens (including phenoxy) is 2. The summed E-state index contributed by atoms with van der Waals surface area (Å²) in [6.45, 7) is 4.87. The van der Waals surface area contributed by atoms with E-state index in [4.69, 9.17) is 9.47 Å². The Bertz CT molecular complexity index is 239. The summed E-state index contributed by atoms with van der Waals surface area (Å²) in [6.07, 6.45) is 4.53. The number of thioether (sulfide) groups is 1. The molecule has 0 amide bonds. The largest absolute Gasteiger partial charge is 0.501 e. The number of rotatable bonds is 4. The normalized spacial score (nSPS) is 28.1. The first kappa shape index (κ1) is 12.3. The summed E-state index contributed by atoms with van der Waals surface area (Å²) in [7, 11) is 0. The van der Waals surface area contributed by atoms with Crippen LogP contribution in [0.2, 0.25) is 0 Å². The van der Waals surface area contributed by atoms with Gasteiger partial charge in [-0.15, -0.1) is 0 Å². The summed E-state index contributed by atoms with van der Waals surface area (Å²) in [6, 6.07) is 0.345. The first-order valence-corrected chi connectivity index (χ1v) is 7.30. The van der Waals surface area contributed by atoms with Crippen molar-refractivity contribution in [3.63, 3.8) is 0 Å². The van der Waals surface area contributed by atoms with Gasteiger partial charge < -0.3 is 14.8 Å². The molecule has 0 aromatic carbocycles. The molecule has 2 atom stereocenters. The van der Waals surface area contributed by atoms with Gasteiger partial charge in [-0.2, -0.15) is 11.8 Å².